The summed E-state index contributed by atoms with van der Waals surface area (Å²) < 4.78 is 28.0. The molecule has 7 nitrogen and oxygen atoms in total. The minimum atomic E-state index is -3.69. The molecule has 0 spiro atoms. The summed E-state index contributed by atoms with van der Waals surface area (Å²) >= 11 is 0. The second-order valence-corrected chi connectivity index (χ2v) is 7.51. The number of hydrogen-bond donors (Lipinski definition) is 2. The van der Waals surface area contributed by atoms with Crippen molar-refractivity contribution in [3.63, 3.8) is 0 Å². The SMILES string of the molecule is Cc1cc([N+](=O)[O-])cc(C)c1S(=O)(=O)NC1CCNC(C)C1.Cl. The van der Waals surface area contributed by atoms with Gasteiger partial charge < -0.3 is 5.32 Å². The molecule has 1 aromatic carbocycles. The van der Waals surface area contributed by atoms with Gasteiger partial charge in [-0.1, -0.05) is 0 Å². The molecule has 1 heterocycles. The van der Waals surface area contributed by atoms with Crippen LogP contribution in [0.2, 0.25) is 0 Å². The van der Waals surface area contributed by atoms with E-state index in [2.05, 4.69) is 10.0 Å². The zero-order valence-corrected chi connectivity index (χ0v) is 15.0. The highest BCUT2D eigenvalue weighted by Crippen LogP contribution is 2.26. The Balaban J connectivity index is 0.00000264. The number of non-ortho nitro benzene ring substituents is 1. The van der Waals surface area contributed by atoms with Gasteiger partial charge in [-0.2, -0.15) is 0 Å². The Labute approximate surface area is 142 Å². The van der Waals surface area contributed by atoms with E-state index in [9.17, 15) is 18.5 Å². The fraction of sp³-hybridized carbons (Fsp3) is 0.571. The number of nitrogens with zero attached hydrogens (tertiary/aromatic N) is 1. The Morgan fingerprint density at radius 2 is 1.87 bits per heavy atom. The van der Waals surface area contributed by atoms with Crippen LogP contribution < -0.4 is 10.0 Å². The van der Waals surface area contributed by atoms with Crippen molar-refractivity contribution in [3.05, 3.63) is 33.4 Å². The van der Waals surface area contributed by atoms with E-state index in [4.69, 9.17) is 0 Å². The molecule has 2 rings (SSSR count). The maximum atomic E-state index is 12.6. The van der Waals surface area contributed by atoms with Crippen molar-refractivity contribution in [1.29, 1.82) is 0 Å². The normalized spacial score (nSPS) is 21.5. The Bertz CT molecular complexity index is 670. The van der Waals surface area contributed by atoms with Gasteiger partial charge in [-0.15, -0.1) is 12.4 Å². The van der Waals surface area contributed by atoms with Crippen LogP contribution in [0.3, 0.4) is 0 Å². The first kappa shape index (κ1) is 19.8. The fourth-order valence-corrected chi connectivity index (χ4v) is 4.71. The summed E-state index contributed by atoms with van der Waals surface area (Å²) in [5.74, 6) is 0. The lowest BCUT2D eigenvalue weighted by Crippen LogP contribution is -2.46. The molecule has 0 amide bonds. The monoisotopic (exact) mass is 363 g/mol. The molecule has 9 heteroatoms. The van der Waals surface area contributed by atoms with E-state index in [1.165, 1.54) is 12.1 Å². The van der Waals surface area contributed by atoms with E-state index < -0.39 is 14.9 Å². The molecule has 0 bridgehead atoms. The predicted molar refractivity (Wildman–Crippen MR) is 90.6 cm³/mol. The molecule has 1 aromatic rings. The Morgan fingerprint density at radius 3 is 2.35 bits per heavy atom. The third-order valence-electron chi connectivity index (χ3n) is 3.87. The Hall–Kier alpha value is -1.22. The second-order valence-electron chi connectivity index (χ2n) is 5.86. The number of sulfonamides is 1. The van der Waals surface area contributed by atoms with Crippen molar-refractivity contribution < 1.29 is 13.3 Å². The number of nitro groups is 1. The van der Waals surface area contributed by atoms with Gasteiger partial charge in [-0.25, -0.2) is 13.1 Å². The standard InChI is InChI=1S/C14H21N3O4S.ClH/c1-9-6-13(17(18)19)7-10(2)14(9)22(20,21)16-12-4-5-15-11(3)8-12;/h6-7,11-12,15-16H,4-5,8H2,1-3H3;1H. The topological polar surface area (TPSA) is 101 Å². The van der Waals surface area contributed by atoms with Crippen LogP contribution in [0.5, 0.6) is 0 Å². The van der Waals surface area contributed by atoms with Gasteiger partial charge in [0.2, 0.25) is 10.0 Å². The summed E-state index contributed by atoms with van der Waals surface area (Å²) in [4.78, 5) is 10.5. The van der Waals surface area contributed by atoms with Gasteiger partial charge in [-0.3, -0.25) is 10.1 Å². The van der Waals surface area contributed by atoms with Crippen LogP contribution in [0.1, 0.15) is 30.9 Å². The largest absolute Gasteiger partial charge is 0.314 e. The van der Waals surface area contributed by atoms with Crippen molar-refractivity contribution in [2.45, 2.75) is 50.6 Å². The molecule has 1 fully saturated rings. The van der Waals surface area contributed by atoms with Crippen LogP contribution >= 0.6 is 12.4 Å². The third kappa shape index (κ3) is 4.63. The number of hydrogen-bond acceptors (Lipinski definition) is 5. The highest BCUT2D eigenvalue weighted by Gasteiger charge is 2.27. The number of rotatable bonds is 4. The van der Waals surface area contributed by atoms with Crippen LogP contribution in [0.25, 0.3) is 0 Å². The van der Waals surface area contributed by atoms with E-state index in [0.717, 1.165) is 19.4 Å². The number of piperidine rings is 1. The minimum absolute atomic E-state index is 0. The fourth-order valence-electron chi connectivity index (χ4n) is 2.97. The molecule has 0 radical (unpaired) electrons. The van der Waals surface area contributed by atoms with Gasteiger partial charge >= 0.3 is 0 Å². The summed E-state index contributed by atoms with van der Waals surface area (Å²) in [5.41, 5.74) is 0.687. The predicted octanol–water partition coefficient (Wildman–Crippen LogP) is 2.05. The summed E-state index contributed by atoms with van der Waals surface area (Å²) in [6, 6.07) is 2.75. The van der Waals surface area contributed by atoms with Crippen molar-refractivity contribution in [2.75, 3.05) is 6.54 Å². The van der Waals surface area contributed by atoms with Crippen molar-refractivity contribution in [1.82, 2.24) is 10.0 Å². The maximum absolute atomic E-state index is 12.6. The minimum Gasteiger partial charge on any atom is -0.314 e. The summed E-state index contributed by atoms with van der Waals surface area (Å²) in [6.45, 7) is 5.95. The molecule has 1 aliphatic heterocycles. The number of halogens is 1. The first-order chi connectivity index (χ1) is 10.2. The molecule has 0 saturated carbocycles. The van der Waals surface area contributed by atoms with Gasteiger partial charge in [0.15, 0.2) is 0 Å². The highest BCUT2D eigenvalue weighted by molar-refractivity contribution is 7.89. The molecule has 2 unspecified atom stereocenters. The lowest BCUT2D eigenvalue weighted by Gasteiger charge is -2.28. The van der Waals surface area contributed by atoms with Crippen LogP contribution in [0, 0.1) is 24.0 Å². The van der Waals surface area contributed by atoms with Crippen LogP contribution in [0.4, 0.5) is 5.69 Å². The van der Waals surface area contributed by atoms with E-state index in [-0.39, 0.29) is 35.1 Å². The first-order valence-electron chi connectivity index (χ1n) is 7.22. The molecule has 130 valence electrons. The molecular weight excluding hydrogens is 342 g/mol. The van der Waals surface area contributed by atoms with E-state index in [1.807, 2.05) is 6.92 Å². The molecule has 2 atom stereocenters. The van der Waals surface area contributed by atoms with Gasteiger partial charge in [0.25, 0.3) is 5.69 Å². The quantitative estimate of drug-likeness (QED) is 0.629. The molecule has 23 heavy (non-hydrogen) atoms. The lowest BCUT2D eigenvalue weighted by atomic mass is 10.0. The second kappa shape index (κ2) is 7.57. The number of benzene rings is 1. The average molecular weight is 364 g/mol. The molecule has 0 aliphatic carbocycles. The van der Waals surface area contributed by atoms with Crippen molar-refractivity contribution >= 4 is 28.1 Å². The smallest absolute Gasteiger partial charge is 0.270 e. The number of nitro benzene ring substituents is 1. The molecular formula is C14H22ClN3O4S. The first-order valence-corrected chi connectivity index (χ1v) is 8.70. The van der Waals surface area contributed by atoms with E-state index in [0.29, 0.717) is 11.1 Å². The molecule has 0 aromatic heterocycles. The van der Waals surface area contributed by atoms with Crippen molar-refractivity contribution in [3.8, 4) is 0 Å². The van der Waals surface area contributed by atoms with Crippen LogP contribution in [-0.2, 0) is 10.0 Å². The van der Waals surface area contributed by atoms with Crippen LogP contribution in [0.15, 0.2) is 17.0 Å². The Morgan fingerprint density at radius 1 is 1.30 bits per heavy atom. The summed E-state index contributed by atoms with van der Waals surface area (Å²) in [7, 11) is -3.69. The number of aryl methyl sites for hydroxylation is 2. The zero-order valence-electron chi connectivity index (χ0n) is 13.3. The van der Waals surface area contributed by atoms with Gasteiger partial charge in [0.1, 0.15) is 0 Å². The van der Waals surface area contributed by atoms with Gasteiger partial charge in [-0.05, 0) is 51.3 Å². The lowest BCUT2D eigenvalue weighted by molar-refractivity contribution is -0.385. The molecule has 1 aliphatic rings. The highest BCUT2D eigenvalue weighted by atomic mass is 35.5. The van der Waals surface area contributed by atoms with E-state index in [1.54, 1.807) is 13.8 Å². The van der Waals surface area contributed by atoms with Crippen LogP contribution in [-0.4, -0.2) is 32.0 Å². The third-order valence-corrected chi connectivity index (χ3v) is 5.70. The van der Waals surface area contributed by atoms with Crippen molar-refractivity contribution in [2.24, 2.45) is 0 Å². The maximum Gasteiger partial charge on any atom is 0.270 e. The molecule has 1 saturated heterocycles. The summed E-state index contributed by atoms with van der Waals surface area (Å²) in [6.07, 6.45) is 1.46. The Kier molecular flexibility index (Phi) is 6.52. The van der Waals surface area contributed by atoms with Gasteiger partial charge in [0.05, 0.1) is 9.82 Å². The van der Waals surface area contributed by atoms with E-state index >= 15 is 0 Å². The summed E-state index contributed by atoms with van der Waals surface area (Å²) in [5, 5.41) is 14.1. The average Bonchev–Trinajstić information content (AvgIpc) is 2.36. The van der Waals surface area contributed by atoms with Gasteiger partial charge in [0, 0.05) is 24.2 Å². The zero-order chi connectivity index (χ0) is 16.5. The molecule has 2 N–H and O–H groups in total. The number of nitrogens with one attached hydrogen (secondary N) is 2.